The van der Waals surface area contributed by atoms with Crippen molar-refractivity contribution in [3.05, 3.63) is 57.1 Å². The Morgan fingerprint density at radius 2 is 1.88 bits per heavy atom. The number of rotatable bonds is 5. The summed E-state index contributed by atoms with van der Waals surface area (Å²) in [4.78, 5) is 20.9. The first-order valence-corrected chi connectivity index (χ1v) is 8.81. The van der Waals surface area contributed by atoms with Crippen molar-refractivity contribution in [3.63, 3.8) is 0 Å². The highest BCUT2D eigenvalue weighted by atomic mass is 35.5. The molecule has 132 valence electrons. The van der Waals surface area contributed by atoms with Gasteiger partial charge in [0.15, 0.2) is 0 Å². The summed E-state index contributed by atoms with van der Waals surface area (Å²) in [5.74, 6) is -0.249. The monoisotopic (exact) mass is 383 g/mol. The van der Waals surface area contributed by atoms with Crippen LogP contribution in [-0.4, -0.2) is 19.2 Å². The van der Waals surface area contributed by atoms with Gasteiger partial charge < -0.3 is 5.32 Å². The molecule has 0 bridgehead atoms. The van der Waals surface area contributed by atoms with Gasteiger partial charge in [-0.15, -0.1) is 0 Å². The van der Waals surface area contributed by atoms with Crippen molar-refractivity contribution < 1.29 is 18.1 Å². The molecule has 0 fully saturated rings. The largest absolute Gasteiger partial charge is 0.326 e. The Kier molecular flexibility index (Phi) is 5.29. The lowest BCUT2D eigenvalue weighted by Crippen LogP contribution is -2.14. The van der Waals surface area contributed by atoms with E-state index in [0.29, 0.717) is 11.3 Å². The summed E-state index contributed by atoms with van der Waals surface area (Å²) in [5.41, 5.74) is 0.877. The fraction of sp³-hybridized carbons (Fsp3) is 0.133. The van der Waals surface area contributed by atoms with Crippen LogP contribution in [0.5, 0.6) is 0 Å². The maximum atomic E-state index is 12.5. The topological polar surface area (TPSA) is 118 Å². The van der Waals surface area contributed by atoms with Gasteiger partial charge in [0.05, 0.1) is 15.5 Å². The van der Waals surface area contributed by atoms with Crippen molar-refractivity contribution >= 4 is 44.6 Å². The van der Waals surface area contributed by atoms with E-state index in [9.17, 15) is 23.3 Å². The second-order valence-electron chi connectivity index (χ2n) is 5.19. The number of benzene rings is 2. The van der Waals surface area contributed by atoms with Gasteiger partial charge in [0.1, 0.15) is 5.02 Å². The van der Waals surface area contributed by atoms with Gasteiger partial charge in [-0.05, 0) is 42.8 Å². The minimum atomic E-state index is -4.04. The van der Waals surface area contributed by atoms with Crippen molar-refractivity contribution in [1.29, 1.82) is 0 Å². The Labute approximate surface area is 149 Å². The van der Waals surface area contributed by atoms with E-state index in [4.69, 9.17) is 11.6 Å². The summed E-state index contributed by atoms with van der Waals surface area (Å²) in [5, 5.41) is 13.3. The van der Waals surface area contributed by atoms with Gasteiger partial charge in [-0.3, -0.25) is 19.6 Å². The molecule has 0 aliphatic heterocycles. The quantitative estimate of drug-likeness (QED) is 0.606. The molecule has 0 aliphatic carbocycles. The highest BCUT2D eigenvalue weighted by molar-refractivity contribution is 7.92. The van der Waals surface area contributed by atoms with Crippen molar-refractivity contribution in [1.82, 2.24) is 0 Å². The molecule has 0 heterocycles. The van der Waals surface area contributed by atoms with E-state index in [2.05, 4.69) is 10.0 Å². The molecule has 2 aromatic carbocycles. The third-order valence-corrected chi connectivity index (χ3v) is 4.90. The number of carbonyl (C=O) groups is 1. The molecule has 2 N–H and O–H groups in total. The minimum Gasteiger partial charge on any atom is -0.326 e. The molecular formula is C15H14ClN3O5S. The van der Waals surface area contributed by atoms with E-state index in [0.717, 1.165) is 12.1 Å². The third kappa shape index (κ3) is 4.46. The van der Waals surface area contributed by atoms with E-state index in [1.165, 1.54) is 25.1 Å². The van der Waals surface area contributed by atoms with Crippen LogP contribution in [0.25, 0.3) is 0 Å². The molecule has 0 atom stereocenters. The number of nitro benzene ring substituents is 1. The normalized spacial score (nSPS) is 11.0. The second-order valence-corrected chi connectivity index (χ2v) is 7.28. The molecule has 2 aromatic rings. The van der Waals surface area contributed by atoms with Gasteiger partial charge in [0.25, 0.3) is 15.7 Å². The van der Waals surface area contributed by atoms with E-state index >= 15 is 0 Å². The van der Waals surface area contributed by atoms with Crippen LogP contribution in [0, 0.1) is 17.0 Å². The highest BCUT2D eigenvalue weighted by Gasteiger charge is 2.21. The summed E-state index contributed by atoms with van der Waals surface area (Å²) >= 11 is 5.69. The number of carbonyl (C=O) groups excluding carboxylic acids is 1. The molecule has 0 aliphatic rings. The Morgan fingerprint density at radius 3 is 2.44 bits per heavy atom. The van der Waals surface area contributed by atoms with Crippen molar-refractivity contribution in [3.8, 4) is 0 Å². The first-order chi connectivity index (χ1) is 11.6. The van der Waals surface area contributed by atoms with Crippen LogP contribution in [0.15, 0.2) is 41.3 Å². The highest BCUT2D eigenvalue weighted by Crippen LogP contribution is 2.29. The first-order valence-electron chi connectivity index (χ1n) is 6.95. The average molecular weight is 384 g/mol. The van der Waals surface area contributed by atoms with Gasteiger partial charge >= 0.3 is 0 Å². The smallest absolute Gasteiger partial charge is 0.289 e. The zero-order valence-electron chi connectivity index (χ0n) is 13.2. The average Bonchev–Trinajstić information content (AvgIpc) is 2.49. The summed E-state index contributed by atoms with van der Waals surface area (Å²) < 4.78 is 27.3. The van der Waals surface area contributed by atoms with Gasteiger partial charge in [-0.2, -0.15) is 0 Å². The summed E-state index contributed by atoms with van der Waals surface area (Å²) in [6.45, 7) is 3.02. The number of anilines is 2. The number of nitro groups is 1. The van der Waals surface area contributed by atoms with Crippen LogP contribution >= 0.6 is 11.6 Å². The zero-order valence-corrected chi connectivity index (χ0v) is 14.8. The molecule has 0 unspecified atom stereocenters. The van der Waals surface area contributed by atoms with Crippen LogP contribution in [0.3, 0.4) is 0 Å². The number of hydrogen-bond donors (Lipinski definition) is 2. The fourth-order valence-electron chi connectivity index (χ4n) is 2.06. The van der Waals surface area contributed by atoms with Crippen LogP contribution < -0.4 is 10.0 Å². The number of halogens is 1. The maximum Gasteiger partial charge on any atom is 0.289 e. The number of nitrogens with zero attached hydrogens (tertiary/aromatic N) is 1. The lowest BCUT2D eigenvalue weighted by atomic mass is 10.2. The molecule has 1 amide bonds. The molecule has 10 heteroatoms. The van der Waals surface area contributed by atoms with Gasteiger partial charge in [-0.25, -0.2) is 8.42 Å². The summed E-state index contributed by atoms with van der Waals surface area (Å²) in [7, 11) is -4.04. The molecule has 0 aromatic heterocycles. The molecule has 0 spiro atoms. The first kappa shape index (κ1) is 18.7. The number of aryl methyl sites for hydroxylation is 1. The van der Waals surface area contributed by atoms with Crippen LogP contribution in [0.2, 0.25) is 5.02 Å². The predicted molar refractivity (Wildman–Crippen MR) is 94.4 cm³/mol. The molecule has 2 rings (SSSR count). The van der Waals surface area contributed by atoms with Crippen molar-refractivity contribution in [2.45, 2.75) is 18.7 Å². The van der Waals surface area contributed by atoms with Gasteiger partial charge in [-0.1, -0.05) is 11.6 Å². The molecular weight excluding hydrogens is 370 g/mol. The standard InChI is InChI=1S/C15H14ClN3O5S/c1-9-7-11(17-10(2)20)3-6-14(9)18-25(23,24)12-4-5-13(16)15(8-12)19(21)22/h3-8,18H,1-2H3,(H,17,20). The maximum absolute atomic E-state index is 12.5. The van der Waals surface area contributed by atoms with Crippen LogP contribution in [0.4, 0.5) is 17.1 Å². The van der Waals surface area contributed by atoms with Crippen LogP contribution in [-0.2, 0) is 14.8 Å². The predicted octanol–water partition coefficient (Wildman–Crippen LogP) is 3.32. The molecule has 8 nitrogen and oxygen atoms in total. The number of nitrogens with one attached hydrogen (secondary N) is 2. The second kappa shape index (κ2) is 7.08. The van der Waals surface area contributed by atoms with E-state index in [1.54, 1.807) is 13.0 Å². The van der Waals surface area contributed by atoms with Gasteiger partial charge in [0.2, 0.25) is 5.91 Å². The van der Waals surface area contributed by atoms with Gasteiger partial charge in [0, 0.05) is 18.7 Å². The zero-order chi connectivity index (χ0) is 18.8. The third-order valence-electron chi connectivity index (χ3n) is 3.22. The Hall–Kier alpha value is -2.65. The fourth-order valence-corrected chi connectivity index (χ4v) is 3.40. The molecule has 0 radical (unpaired) electrons. The number of amides is 1. The van der Waals surface area contributed by atoms with Crippen LogP contribution in [0.1, 0.15) is 12.5 Å². The molecule has 0 saturated carbocycles. The lowest BCUT2D eigenvalue weighted by molar-refractivity contribution is -0.384. The van der Waals surface area contributed by atoms with E-state index in [1.807, 2.05) is 0 Å². The molecule has 25 heavy (non-hydrogen) atoms. The van der Waals surface area contributed by atoms with E-state index in [-0.39, 0.29) is 21.5 Å². The Balaban J connectivity index is 2.34. The van der Waals surface area contributed by atoms with Crippen molar-refractivity contribution in [2.24, 2.45) is 0 Å². The molecule has 0 saturated heterocycles. The SMILES string of the molecule is CC(=O)Nc1ccc(NS(=O)(=O)c2ccc(Cl)c([N+](=O)[O-])c2)c(C)c1. The Bertz CT molecular complexity index is 960. The van der Waals surface area contributed by atoms with Crippen molar-refractivity contribution in [2.75, 3.05) is 10.0 Å². The number of hydrogen-bond acceptors (Lipinski definition) is 5. The lowest BCUT2D eigenvalue weighted by Gasteiger charge is -2.12. The minimum absolute atomic E-state index is 0.153. The summed E-state index contributed by atoms with van der Waals surface area (Å²) in [6, 6.07) is 7.86. The Morgan fingerprint density at radius 1 is 1.20 bits per heavy atom. The van der Waals surface area contributed by atoms with E-state index < -0.39 is 20.6 Å². The summed E-state index contributed by atoms with van der Waals surface area (Å²) in [6.07, 6.45) is 0. The number of sulfonamides is 1.